The van der Waals surface area contributed by atoms with Crippen molar-refractivity contribution in [2.45, 2.75) is 51.4 Å². The fourth-order valence-corrected chi connectivity index (χ4v) is 6.51. The molecule has 8 heteroatoms. The summed E-state index contributed by atoms with van der Waals surface area (Å²) in [4.78, 5) is 34.5. The number of amides is 2. The summed E-state index contributed by atoms with van der Waals surface area (Å²) in [5.74, 6) is 2.36. The Balaban J connectivity index is 1.09. The van der Waals surface area contributed by atoms with E-state index < -0.39 is 0 Å². The van der Waals surface area contributed by atoms with Gasteiger partial charge in [-0.15, -0.1) is 11.3 Å². The van der Waals surface area contributed by atoms with Gasteiger partial charge < -0.3 is 19.3 Å². The second-order valence-corrected chi connectivity index (χ2v) is 11.5. The zero-order valence-corrected chi connectivity index (χ0v) is 23.8. The number of thiazole rings is 1. The van der Waals surface area contributed by atoms with Crippen molar-refractivity contribution in [3.63, 3.8) is 0 Å². The summed E-state index contributed by atoms with van der Waals surface area (Å²) in [6.45, 7) is 6.95. The highest BCUT2D eigenvalue weighted by atomic mass is 32.1. The van der Waals surface area contributed by atoms with Crippen LogP contribution in [0.1, 0.15) is 69.7 Å². The van der Waals surface area contributed by atoms with Gasteiger partial charge in [-0.25, -0.2) is 4.98 Å². The predicted molar refractivity (Wildman–Crippen MR) is 153 cm³/mol. The zero-order valence-electron chi connectivity index (χ0n) is 23.0. The number of rotatable bonds is 7. The normalized spacial score (nSPS) is 16.8. The van der Waals surface area contributed by atoms with Crippen LogP contribution in [0.15, 0.2) is 47.8 Å². The third-order valence-corrected chi connectivity index (χ3v) is 9.15. The van der Waals surface area contributed by atoms with Gasteiger partial charge in [0.05, 0.1) is 12.1 Å². The summed E-state index contributed by atoms with van der Waals surface area (Å²) in [6.07, 6.45) is 3.54. The van der Waals surface area contributed by atoms with Crippen molar-refractivity contribution in [3.8, 4) is 11.5 Å². The maximum absolute atomic E-state index is 13.2. The maximum Gasteiger partial charge on any atom is 0.273 e. The van der Waals surface area contributed by atoms with Crippen LogP contribution in [0.3, 0.4) is 0 Å². The molecule has 39 heavy (non-hydrogen) atoms. The molecule has 5 rings (SSSR count). The number of para-hydroxylation sites is 1. The lowest BCUT2D eigenvalue weighted by atomic mass is 9.88. The van der Waals surface area contributed by atoms with Gasteiger partial charge in [0.25, 0.3) is 11.8 Å². The van der Waals surface area contributed by atoms with Crippen molar-refractivity contribution in [2.24, 2.45) is 0 Å². The summed E-state index contributed by atoms with van der Waals surface area (Å²) >= 11 is 1.57. The topological polar surface area (TPSA) is 72.0 Å². The Labute approximate surface area is 234 Å². The number of benzene rings is 2. The first-order valence-corrected chi connectivity index (χ1v) is 14.7. The zero-order chi connectivity index (χ0) is 27.4. The maximum atomic E-state index is 13.2. The number of aryl methyl sites for hydroxylation is 2. The number of methoxy groups -OCH3 is 1. The van der Waals surface area contributed by atoms with Gasteiger partial charge in [0.2, 0.25) is 0 Å². The first-order chi connectivity index (χ1) is 18.9. The number of hydrogen-bond acceptors (Lipinski definition) is 6. The number of aromatic nitrogens is 1. The number of nitrogens with zero attached hydrogens (tertiary/aromatic N) is 3. The van der Waals surface area contributed by atoms with E-state index in [0.717, 1.165) is 60.8 Å². The molecule has 2 amide bonds. The lowest BCUT2D eigenvalue weighted by molar-refractivity contribution is -0.134. The molecular weight excluding hydrogens is 510 g/mol. The SMILES string of the molecule is COc1ccccc1C1CCN(C(=O)c2csc(C3CCN(C(=O)COc4ccc(C)c(C)c4)CC3)n2)CC1. The van der Waals surface area contributed by atoms with E-state index in [4.69, 9.17) is 14.5 Å². The first kappa shape index (κ1) is 27.2. The molecule has 0 saturated carbocycles. The fraction of sp³-hybridized carbons (Fsp3) is 0.452. The van der Waals surface area contributed by atoms with Gasteiger partial charge >= 0.3 is 0 Å². The highest BCUT2D eigenvalue weighted by Crippen LogP contribution is 2.35. The Morgan fingerprint density at radius 1 is 0.923 bits per heavy atom. The Kier molecular flexibility index (Phi) is 8.50. The summed E-state index contributed by atoms with van der Waals surface area (Å²) < 4.78 is 11.3. The molecule has 2 aliphatic heterocycles. The molecule has 206 valence electrons. The van der Waals surface area contributed by atoms with E-state index in [1.807, 2.05) is 58.5 Å². The molecule has 7 nitrogen and oxygen atoms in total. The number of likely N-dealkylation sites (tertiary alicyclic amines) is 2. The van der Waals surface area contributed by atoms with Crippen molar-refractivity contribution in [1.82, 2.24) is 14.8 Å². The minimum Gasteiger partial charge on any atom is -0.496 e. The van der Waals surface area contributed by atoms with Gasteiger partial charge in [-0.2, -0.15) is 0 Å². The molecule has 0 spiro atoms. The molecule has 0 radical (unpaired) electrons. The van der Waals surface area contributed by atoms with Crippen LogP contribution in [0.2, 0.25) is 0 Å². The van der Waals surface area contributed by atoms with Gasteiger partial charge in [-0.1, -0.05) is 24.3 Å². The minimum absolute atomic E-state index is 0.0122. The fourth-order valence-electron chi connectivity index (χ4n) is 5.55. The van der Waals surface area contributed by atoms with E-state index in [0.29, 0.717) is 24.7 Å². The Hall–Kier alpha value is -3.39. The van der Waals surface area contributed by atoms with Gasteiger partial charge in [0.15, 0.2) is 6.61 Å². The van der Waals surface area contributed by atoms with Crippen LogP contribution in [0.25, 0.3) is 0 Å². The van der Waals surface area contributed by atoms with Crippen LogP contribution in [-0.2, 0) is 4.79 Å². The standard InChI is InChI=1S/C31H37N3O4S/c1-21-8-9-25(18-22(21)2)38-19-29(35)33-14-12-24(13-15-33)30-32-27(20-39-30)31(36)34-16-10-23(11-17-34)26-6-4-5-7-28(26)37-3/h4-9,18,20,23-24H,10-17,19H2,1-3H3. The molecule has 2 aliphatic rings. The van der Waals surface area contributed by atoms with Crippen molar-refractivity contribution in [1.29, 1.82) is 0 Å². The van der Waals surface area contributed by atoms with E-state index in [9.17, 15) is 9.59 Å². The van der Waals surface area contributed by atoms with Crippen LogP contribution in [0, 0.1) is 13.8 Å². The molecule has 0 N–H and O–H groups in total. The van der Waals surface area contributed by atoms with E-state index in [-0.39, 0.29) is 24.3 Å². The minimum atomic E-state index is 0.0122. The summed E-state index contributed by atoms with van der Waals surface area (Å²) in [6, 6.07) is 14.1. The smallest absolute Gasteiger partial charge is 0.273 e. The number of piperidine rings is 2. The average molecular weight is 548 g/mol. The molecule has 0 aliphatic carbocycles. The second kappa shape index (κ2) is 12.2. The molecule has 1 aromatic heterocycles. The quantitative estimate of drug-likeness (QED) is 0.387. The second-order valence-electron chi connectivity index (χ2n) is 10.6. The highest BCUT2D eigenvalue weighted by Gasteiger charge is 2.30. The molecule has 2 aromatic carbocycles. The molecule has 0 atom stereocenters. The Bertz CT molecular complexity index is 1310. The monoisotopic (exact) mass is 547 g/mol. The van der Waals surface area contributed by atoms with E-state index in [1.54, 1.807) is 18.4 Å². The largest absolute Gasteiger partial charge is 0.496 e. The average Bonchev–Trinajstić information content (AvgIpc) is 3.48. The first-order valence-electron chi connectivity index (χ1n) is 13.8. The molecule has 2 saturated heterocycles. The molecule has 0 bridgehead atoms. The number of carbonyl (C=O) groups is 2. The number of ether oxygens (including phenoxy) is 2. The van der Waals surface area contributed by atoms with Crippen molar-refractivity contribution in [3.05, 3.63) is 75.2 Å². The highest BCUT2D eigenvalue weighted by molar-refractivity contribution is 7.09. The van der Waals surface area contributed by atoms with Crippen LogP contribution < -0.4 is 9.47 Å². The Morgan fingerprint density at radius 2 is 1.62 bits per heavy atom. The van der Waals surface area contributed by atoms with Gasteiger partial charge in [-0.3, -0.25) is 9.59 Å². The van der Waals surface area contributed by atoms with Gasteiger partial charge in [-0.05, 0) is 80.3 Å². The third kappa shape index (κ3) is 6.27. The van der Waals surface area contributed by atoms with Crippen LogP contribution in [0.4, 0.5) is 0 Å². The van der Waals surface area contributed by atoms with Crippen LogP contribution in [-0.4, -0.2) is 66.5 Å². The molecule has 2 fully saturated rings. The van der Waals surface area contributed by atoms with E-state index >= 15 is 0 Å². The van der Waals surface area contributed by atoms with E-state index in [2.05, 4.69) is 13.0 Å². The van der Waals surface area contributed by atoms with Crippen molar-refractivity contribution in [2.75, 3.05) is 39.9 Å². The predicted octanol–water partition coefficient (Wildman–Crippen LogP) is 5.57. The lowest BCUT2D eigenvalue weighted by Gasteiger charge is -2.32. The van der Waals surface area contributed by atoms with E-state index in [1.165, 1.54) is 11.1 Å². The van der Waals surface area contributed by atoms with Crippen LogP contribution >= 0.6 is 11.3 Å². The molecule has 3 heterocycles. The molecule has 3 aromatic rings. The lowest BCUT2D eigenvalue weighted by Crippen LogP contribution is -2.40. The third-order valence-electron chi connectivity index (χ3n) is 8.14. The number of carbonyl (C=O) groups excluding carboxylic acids is 2. The molecular formula is C31H37N3O4S. The summed E-state index contributed by atoms with van der Waals surface area (Å²) in [5.41, 5.74) is 4.13. The Morgan fingerprint density at radius 3 is 2.33 bits per heavy atom. The van der Waals surface area contributed by atoms with Crippen LogP contribution in [0.5, 0.6) is 11.5 Å². The van der Waals surface area contributed by atoms with Gasteiger partial charge in [0, 0.05) is 37.5 Å². The molecule has 0 unspecified atom stereocenters. The van der Waals surface area contributed by atoms with Gasteiger partial charge in [0.1, 0.15) is 17.2 Å². The summed E-state index contributed by atoms with van der Waals surface area (Å²) in [5, 5.41) is 2.90. The van der Waals surface area contributed by atoms with Crippen molar-refractivity contribution >= 4 is 23.2 Å². The number of hydrogen-bond donors (Lipinski definition) is 0. The summed E-state index contributed by atoms with van der Waals surface area (Å²) in [7, 11) is 1.71. The van der Waals surface area contributed by atoms with Crippen molar-refractivity contribution < 1.29 is 19.1 Å².